The number of hydrogen-bond donors (Lipinski definition) is 1. The number of hydrogen-bond acceptors (Lipinski definition) is 7. The fourth-order valence-corrected chi connectivity index (χ4v) is 2.89. The number of anilines is 1. The standard InChI is InChI=1S/C21H24N6O3/c1-4-26(5-2)20(28)16-10-12-18(13-11-16)22-14-27-24-19(23-25-27)15-6-8-17(9-7-15)21(29)30-3/h6-13,22H,4-5,14H2,1-3H3. The van der Waals surface area contributed by atoms with Crippen molar-refractivity contribution in [3.63, 3.8) is 0 Å². The molecule has 30 heavy (non-hydrogen) atoms. The van der Waals surface area contributed by atoms with Crippen molar-refractivity contribution >= 4 is 17.6 Å². The predicted molar refractivity (Wildman–Crippen MR) is 112 cm³/mol. The molecule has 0 unspecified atom stereocenters. The van der Waals surface area contributed by atoms with Crippen LogP contribution in [0.25, 0.3) is 11.4 Å². The van der Waals surface area contributed by atoms with Crippen LogP contribution in [0.5, 0.6) is 0 Å². The smallest absolute Gasteiger partial charge is 0.337 e. The Labute approximate surface area is 174 Å². The molecule has 0 fully saturated rings. The number of ether oxygens (including phenoxy) is 1. The van der Waals surface area contributed by atoms with Crippen molar-refractivity contribution in [2.24, 2.45) is 0 Å². The number of esters is 1. The maximum atomic E-state index is 12.4. The van der Waals surface area contributed by atoms with Crippen molar-refractivity contribution < 1.29 is 14.3 Å². The lowest BCUT2D eigenvalue weighted by atomic mass is 10.1. The molecule has 0 aliphatic heterocycles. The molecule has 0 saturated heterocycles. The number of carbonyl (C=O) groups excluding carboxylic acids is 2. The SMILES string of the molecule is CCN(CC)C(=O)c1ccc(NCn2nnc(-c3ccc(C(=O)OC)cc3)n2)cc1. The number of methoxy groups -OCH3 is 1. The van der Waals surface area contributed by atoms with Crippen molar-refractivity contribution in [3.05, 3.63) is 59.7 Å². The predicted octanol–water partition coefficient (Wildman–Crippen LogP) is 2.68. The van der Waals surface area contributed by atoms with Crippen LogP contribution in [0.4, 0.5) is 5.69 Å². The van der Waals surface area contributed by atoms with E-state index in [9.17, 15) is 9.59 Å². The second-order valence-electron chi connectivity index (χ2n) is 6.44. The molecule has 3 rings (SSSR count). The fourth-order valence-electron chi connectivity index (χ4n) is 2.89. The summed E-state index contributed by atoms with van der Waals surface area (Å²) in [6.07, 6.45) is 0. The molecule has 0 saturated carbocycles. The van der Waals surface area contributed by atoms with Crippen molar-refractivity contribution in [2.75, 3.05) is 25.5 Å². The first-order valence-corrected chi connectivity index (χ1v) is 9.65. The summed E-state index contributed by atoms with van der Waals surface area (Å²) in [5.74, 6) is 0.0768. The van der Waals surface area contributed by atoms with Gasteiger partial charge in [0.05, 0.1) is 12.7 Å². The third-order valence-corrected chi connectivity index (χ3v) is 4.62. The Bertz CT molecular complexity index is 994. The molecule has 0 aliphatic carbocycles. The maximum absolute atomic E-state index is 12.4. The van der Waals surface area contributed by atoms with Crippen LogP contribution in [-0.2, 0) is 11.4 Å². The van der Waals surface area contributed by atoms with Gasteiger partial charge in [0.1, 0.15) is 6.67 Å². The number of aromatic nitrogens is 4. The molecule has 0 atom stereocenters. The Morgan fingerprint density at radius 2 is 1.63 bits per heavy atom. The first kappa shape index (κ1) is 21.0. The lowest BCUT2D eigenvalue weighted by Gasteiger charge is -2.18. The molecule has 0 spiro atoms. The summed E-state index contributed by atoms with van der Waals surface area (Å²) in [4.78, 5) is 27.1. The van der Waals surface area contributed by atoms with E-state index < -0.39 is 5.97 Å². The number of carbonyl (C=O) groups is 2. The second kappa shape index (κ2) is 9.64. The first-order chi connectivity index (χ1) is 14.5. The highest BCUT2D eigenvalue weighted by Crippen LogP contribution is 2.15. The zero-order chi connectivity index (χ0) is 21.5. The largest absolute Gasteiger partial charge is 0.465 e. The van der Waals surface area contributed by atoms with Gasteiger partial charge < -0.3 is 15.0 Å². The monoisotopic (exact) mass is 408 g/mol. The average Bonchev–Trinajstić information content (AvgIpc) is 3.27. The van der Waals surface area contributed by atoms with Gasteiger partial charge in [0.15, 0.2) is 0 Å². The van der Waals surface area contributed by atoms with Gasteiger partial charge in [0.25, 0.3) is 5.91 Å². The summed E-state index contributed by atoms with van der Waals surface area (Å²) in [5.41, 5.74) is 2.69. The Hall–Kier alpha value is -3.75. The van der Waals surface area contributed by atoms with Crippen LogP contribution >= 0.6 is 0 Å². The summed E-state index contributed by atoms with van der Waals surface area (Å²) in [5, 5.41) is 15.6. The molecule has 9 heteroatoms. The van der Waals surface area contributed by atoms with Gasteiger partial charge >= 0.3 is 5.97 Å². The molecule has 9 nitrogen and oxygen atoms in total. The number of benzene rings is 2. The normalized spacial score (nSPS) is 10.5. The minimum atomic E-state index is -0.396. The molecule has 0 bridgehead atoms. The van der Waals surface area contributed by atoms with Crippen LogP contribution in [0.2, 0.25) is 0 Å². The first-order valence-electron chi connectivity index (χ1n) is 9.65. The Morgan fingerprint density at radius 1 is 1.00 bits per heavy atom. The molecule has 1 aromatic heterocycles. The van der Waals surface area contributed by atoms with Gasteiger partial charge in [-0.3, -0.25) is 4.79 Å². The van der Waals surface area contributed by atoms with E-state index in [0.29, 0.717) is 36.7 Å². The summed E-state index contributed by atoms with van der Waals surface area (Å²) >= 11 is 0. The molecule has 0 aliphatic rings. The van der Waals surface area contributed by atoms with Crippen molar-refractivity contribution in [1.82, 2.24) is 25.1 Å². The van der Waals surface area contributed by atoms with E-state index in [-0.39, 0.29) is 5.91 Å². The van der Waals surface area contributed by atoms with Gasteiger partial charge in [0.2, 0.25) is 5.82 Å². The quantitative estimate of drug-likeness (QED) is 0.572. The van der Waals surface area contributed by atoms with Gasteiger partial charge in [-0.05, 0) is 55.5 Å². The molecule has 0 radical (unpaired) electrons. The van der Waals surface area contributed by atoms with Crippen LogP contribution in [-0.4, -0.2) is 57.2 Å². The van der Waals surface area contributed by atoms with Gasteiger partial charge in [-0.2, -0.15) is 0 Å². The number of tetrazole rings is 1. The summed E-state index contributed by atoms with van der Waals surface area (Å²) < 4.78 is 4.69. The molecule has 1 amide bonds. The summed E-state index contributed by atoms with van der Waals surface area (Å²) in [6.45, 7) is 5.60. The highest BCUT2D eigenvalue weighted by Gasteiger charge is 2.12. The Kier molecular flexibility index (Phi) is 6.74. The Balaban J connectivity index is 1.60. The van der Waals surface area contributed by atoms with Crippen LogP contribution in [0, 0.1) is 0 Å². The van der Waals surface area contributed by atoms with E-state index in [2.05, 4.69) is 25.5 Å². The fraction of sp³-hybridized carbons (Fsp3) is 0.286. The van der Waals surface area contributed by atoms with Crippen LogP contribution in [0.15, 0.2) is 48.5 Å². The highest BCUT2D eigenvalue weighted by molar-refractivity contribution is 5.94. The second-order valence-corrected chi connectivity index (χ2v) is 6.44. The van der Waals surface area contributed by atoms with E-state index in [4.69, 9.17) is 0 Å². The molecule has 2 aromatic carbocycles. The van der Waals surface area contributed by atoms with Gasteiger partial charge in [-0.15, -0.1) is 15.0 Å². The molecule has 156 valence electrons. The third-order valence-electron chi connectivity index (χ3n) is 4.62. The summed E-state index contributed by atoms with van der Waals surface area (Å²) in [6, 6.07) is 14.1. The topological polar surface area (TPSA) is 102 Å². The van der Waals surface area contributed by atoms with E-state index in [1.807, 2.05) is 26.0 Å². The summed E-state index contributed by atoms with van der Waals surface area (Å²) in [7, 11) is 1.34. The lowest BCUT2D eigenvalue weighted by molar-refractivity contribution is 0.0600. The van der Waals surface area contributed by atoms with Crippen molar-refractivity contribution in [3.8, 4) is 11.4 Å². The molecular formula is C21H24N6O3. The number of nitrogens with zero attached hydrogens (tertiary/aromatic N) is 5. The zero-order valence-corrected chi connectivity index (χ0v) is 17.2. The van der Waals surface area contributed by atoms with Gasteiger partial charge in [0, 0.05) is 29.9 Å². The van der Waals surface area contributed by atoms with Crippen molar-refractivity contribution in [2.45, 2.75) is 20.5 Å². The Morgan fingerprint density at radius 3 is 2.23 bits per heavy atom. The van der Waals surface area contributed by atoms with E-state index in [1.54, 1.807) is 41.3 Å². The average molecular weight is 408 g/mol. The van der Waals surface area contributed by atoms with E-state index >= 15 is 0 Å². The molecule has 1 N–H and O–H groups in total. The van der Waals surface area contributed by atoms with Crippen LogP contribution in [0.1, 0.15) is 34.6 Å². The number of rotatable bonds is 8. The molecule has 1 heterocycles. The van der Waals surface area contributed by atoms with Crippen molar-refractivity contribution in [1.29, 1.82) is 0 Å². The van der Waals surface area contributed by atoms with E-state index in [1.165, 1.54) is 11.9 Å². The number of nitrogens with one attached hydrogen (secondary N) is 1. The van der Waals surface area contributed by atoms with Gasteiger partial charge in [-0.1, -0.05) is 12.1 Å². The minimum Gasteiger partial charge on any atom is -0.465 e. The number of amides is 1. The third kappa shape index (κ3) is 4.80. The minimum absolute atomic E-state index is 0.0207. The van der Waals surface area contributed by atoms with Crippen LogP contribution in [0.3, 0.4) is 0 Å². The van der Waals surface area contributed by atoms with Gasteiger partial charge in [-0.25, -0.2) is 4.79 Å². The highest BCUT2D eigenvalue weighted by atomic mass is 16.5. The maximum Gasteiger partial charge on any atom is 0.337 e. The lowest BCUT2D eigenvalue weighted by Crippen LogP contribution is -2.30. The molecular weight excluding hydrogens is 384 g/mol. The van der Waals surface area contributed by atoms with Crippen LogP contribution < -0.4 is 5.32 Å². The van der Waals surface area contributed by atoms with E-state index in [0.717, 1.165) is 11.3 Å². The zero-order valence-electron chi connectivity index (χ0n) is 17.2. The molecule has 3 aromatic rings.